The molecular formula is C19H31N3O2. The second-order valence-corrected chi connectivity index (χ2v) is 6.14. The third kappa shape index (κ3) is 5.80. The van der Waals surface area contributed by atoms with E-state index in [0.29, 0.717) is 25.3 Å². The minimum absolute atomic E-state index is 0.0321. The van der Waals surface area contributed by atoms with E-state index in [1.807, 2.05) is 24.3 Å². The highest BCUT2D eigenvalue weighted by atomic mass is 16.5. The summed E-state index contributed by atoms with van der Waals surface area (Å²) < 4.78 is 5.58. The van der Waals surface area contributed by atoms with Gasteiger partial charge in [-0.2, -0.15) is 0 Å². The summed E-state index contributed by atoms with van der Waals surface area (Å²) >= 11 is 0. The van der Waals surface area contributed by atoms with Crippen molar-refractivity contribution in [2.24, 2.45) is 0 Å². The lowest BCUT2D eigenvalue weighted by atomic mass is 10.2. The smallest absolute Gasteiger partial charge is 0.251 e. The predicted molar refractivity (Wildman–Crippen MR) is 98.8 cm³/mol. The van der Waals surface area contributed by atoms with Gasteiger partial charge in [0.1, 0.15) is 0 Å². The largest absolute Gasteiger partial charge is 0.378 e. The molecule has 0 aliphatic carbocycles. The molecule has 1 N–H and O–H groups in total. The van der Waals surface area contributed by atoms with Gasteiger partial charge in [-0.05, 0) is 50.2 Å². The van der Waals surface area contributed by atoms with Crippen molar-refractivity contribution in [2.45, 2.75) is 26.7 Å². The Kier molecular flexibility index (Phi) is 8.05. The fraction of sp³-hybridized carbons (Fsp3) is 0.632. The van der Waals surface area contributed by atoms with E-state index in [2.05, 4.69) is 29.0 Å². The van der Waals surface area contributed by atoms with Gasteiger partial charge in [0.2, 0.25) is 0 Å². The zero-order chi connectivity index (χ0) is 17.2. The number of benzene rings is 1. The second-order valence-electron chi connectivity index (χ2n) is 6.14. The summed E-state index contributed by atoms with van der Waals surface area (Å²) in [6.45, 7) is 11.4. The van der Waals surface area contributed by atoms with Crippen LogP contribution in [0, 0.1) is 0 Å². The number of amides is 1. The standard InChI is InChI=1S/C19H31N3O2/c1-3-21(4-2)14-16-24-15-11-20-19(23)17-7-9-18(10-8-17)22-12-5-6-13-22/h7-10H,3-6,11-16H2,1-2H3,(H,20,23). The van der Waals surface area contributed by atoms with Gasteiger partial charge in [-0.25, -0.2) is 0 Å². The van der Waals surface area contributed by atoms with E-state index in [9.17, 15) is 4.79 Å². The highest BCUT2D eigenvalue weighted by Gasteiger charge is 2.12. The summed E-state index contributed by atoms with van der Waals surface area (Å²) in [5.74, 6) is -0.0321. The van der Waals surface area contributed by atoms with Gasteiger partial charge < -0.3 is 19.9 Å². The molecule has 0 unspecified atom stereocenters. The Morgan fingerprint density at radius 2 is 1.79 bits per heavy atom. The number of anilines is 1. The third-order valence-electron chi connectivity index (χ3n) is 4.58. The maximum absolute atomic E-state index is 12.1. The molecule has 1 aliphatic heterocycles. The number of carbonyl (C=O) groups excluding carboxylic acids is 1. The van der Waals surface area contributed by atoms with Crippen LogP contribution < -0.4 is 10.2 Å². The summed E-state index contributed by atoms with van der Waals surface area (Å²) in [5, 5.41) is 2.91. The monoisotopic (exact) mass is 333 g/mol. The fourth-order valence-corrected chi connectivity index (χ4v) is 2.97. The van der Waals surface area contributed by atoms with Crippen molar-refractivity contribution in [1.29, 1.82) is 0 Å². The van der Waals surface area contributed by atoms with Crippen molar-refractivity contribution in [2.75, 3.05) is 57.4 Å². The first kappa shape index (κ1) is 18.7. The van der Waals surface area contributed by atoms with Crippen molar-refractivity contribution >= 4 is 11.6 Å². The summed E-state index contributed by atoms with van der Waals surface area (Å²) in [4.78, 5) is 16.8. The molecule has 1 heterocycles. The number of carbonyl (C=O) groups is 1. The number of nitrogens with one attached hydrogen (secondary N) is 1. The molecule has 1 aromatic rings. The highest BCUT2D eigenvalue weighted by Crippen LogP contribution is 2.20. The van der Waals surface area contributed by atoms with Crippen molar-refractivity contribution in [3.63, 3.8) is 0 Å². The van der Waals surface area contributed by atoms with Crippen LogP contribution >= 0.6 is 0 Å². The van der Waals surface area contributed by atoms with Gasteiger partial charge in [0.05, 0.1) is 13.2 Å². The topological polar surface area (TPSA) is 44.8 Å². The Hall–Kier alpha value is -1.59. The number of rotatable bonds is 10. The Balaban J connectivity index is 1.63. The van der Waals surface area contributed by atoms with E-state index in [0.717, 1.165) is 32.7 Å². The van der Waals surface area contributed by atoms with Crippen molar-refractivity contribution in [3.05, 3.63) is 29.8 Å². The lowest BCUT2D eigenvalue weighted by molar-refractivity contribution is 0.0884. The Morgan fingerprint density at radius 1 is 1.12 bits per heavy atom. The third-order valence-corrected chi connectivity index (χ3v) is 4.58. The van der Waals surface area contributed by atoms with Crippen LogP contribution in [0.3, 0.4) is 0 Å². The van der Waals surface area contributed by atoms with Crippen LogP contribution in [-0.2, 0) is 4.74 Å². The summed E-state index contributed by atoms with van der Waals surface area (Å²) in [5.41, 5.74) is 1.92. The first-order valence-electron chi connectivity index (χ1n) is 9.18. The molecule has 5 heteroatoms. The van der Waals surface area contributed by atoms with Gasteiger partial charge in [-0.3, -0.25) is 4.79 Å². The number of nitrogens with zero attached hydrogens (tertiary/aromatic N) is 2. The lowest BCUT2D eigenvalue weighted by Crippen LogP contribution is -2.30. The second kappa shape index (κ2) is 10.3. The number of hydrogen-bond acceptors (Lipinski definition) is 4. The number of likely N-dealkylation sites (N-methyl/N-ethyl adjacent to an activating group) is 1. The number of hydrogen-bond donors (Lipinski definition) is 1. The zero-order valence-electron chi connectivity index (χ0n) is 15.1. The van der Waals surface area contributed by atoms with Crippen LogP contribution in [0.1, 0.15) is 37.0 Å². The Labute approximate surface area is 146 Å². The highest BCUT2D eigenvalue weighted by molar-refractivity contribution is 5.94. The van der Waals surface area contributed by atoms with E-state index in [1.165, 1.54) is 18.5 Å². The number of ether oxygens (including phenoxy) is 1. The average molecular weight is 333 g/mol. The van der Waals surface area contributed by atoms with Crippen molar-refractivity contribution in [3.8, 4) is 0 Å². The van der Waals surface area contributed by atoms with Gasteiger partial charge >= 0.3 is 0 Å². The minimum Gasteiger partial charge on any atom is -0.378 e. The van der Waals surface area contributed by atoms with Gasteiger partial charge in [0.25, 0.3) is 5.91 Å². The quantitative estimate of drug-likeness (QED) is 0.668. The summed E-state index contributed by atoms with van der Waals surface area (Å²) in [7, 11) is 0. The van der Waals surface area contributed by atoms with Gasteiger partial charge in [0, 0.05) is 37.4 Å². The summed E-state index contributed by atoms with van der Waals surface area (Å²) in [6.07, 6.45) is 2.52. The van der Waals surface area contributed by atoms with E-state index in [-0.39, 0.29) is 5.91 Å². The molecular weight excluding hydrogens is 302 g/mol. The van der Waals surface area contributed by atoms with E-state index in [4.69, 9.17) is 4.74 Å². The molecule has 2 rings (SSSR count). The van der Waals surface area contributed by atoms with E-state index >= 15 is 0 Å². The zero-order valence-corrected chi connectivity index (χ0v) is 15.1. The SMILES string of the molecule is CCN(CC)CCOCCNC(=O)c1ccc(N2CCCC2)cc1. The van der Waals surface area contributed by atoms with Crippen molar-refractivity contribution in [1.82, 2.24) is 10.2 Å². The van der Waals surface area contributed by atoms with Crippen LogP contribution in [0.5, 0.6) is 0 Å². The van der Waals surface area contributed by atoms with E-state index in [1.54, 1.807) is 0 Å². The molecule has 1 fully saturated rings. The Morgan fingerprint density at radius 3 is 2.42 bits per heavy atom. The van der Waals surface area contributed by atoms with Crippen LogP contribution in [0.4, 0.5) is 5.69 Å². The average Bonchev–Trinajstić information content (AvgIpc) is 3.16. The fourth-order valence-electron chi connectivity index (χ4n) is 2.97. The molecule has 0 aromatic heterocycles. The predicted octanol–water partition coefficient (Wildman–Crippen LogP) is 2.38. The maximum atomic E-state index is 12.1. The molecule has 1 aromatic carbocycles. The molecule has 0 radical (unpaired) electrons. The van der Waals surface area contributed by atoms with Gasteiger partial charge in [-0.1, -0.05) is 13.8 Å². The maximum Gasteiger partial charge on any atom is 0.251 e. The van der Waals surface area contributed by atoms with Crippen LogP contribution in [0.15, 0.2) is 24.3 Å². The molecule has 134 valence electrons. The molecule has 5 nitrogen and oxygen atoms in total. The van der Waals surface area contributed by atoms with Crippen LogP contribution in [-0.4, -0.2) is 63.3 Å². The molecule has 0 bridgehead atoms. The molecule has 1 aliphatic rings. The Bertz CT molecular complexity index is 480. The molecule has 1 amide bonds. The molecule has 0 saturated carbocycles. The van der Waals surface area contributed by atoms with E-state index < -0.39 is 0 Å². The molecule has 24 heavy (non-hydrogen) atoms. The van der Waals surface area contributed by atoms with Crippen LogP contribution in [0.25, 0.3) is 0 Å². The molecule has 0 spiro atoms. The molecule has 1 saturated heterocycles. The molecule has 0 atom stereocenters. The first-order valence-corrected chi connectivity index (χ1v) is 9.18. The normalized spacial score (nSPS) is 14.4. The first-order chi connectivity index (χ1) is 11.7. The summed E-state index contributed by atoms with van der Waals surface area (Å²) in [6, 6.07) is 7.90. The minimum atomic E-state index is -0.0321. The van der Waals surface area contributed by atoms with Gasteiger partial charge in [-0.15, -0.1) is 0 Å². The van der Waals surface area contributed by atoms with Crippen LogP contribution in [0.2, 0.25) is 0 Å². The van der Waals surface area contributed by atoms with Gasteiger partial charge in [0.15, 0.2) is 0 Å². The van der Waals surface area contributed by atoms with Crippen molar-refractivity contribution < 1.29 is 9.53 Å². The lowest BCUT2D eigenvalue weighted by Gasteiger charge is -2.18.